The molecule has 1 atom stereocenters. The first-order valence-electron chi connectivity index (χ1n) is 6.39. The van der Waals surface area contributed by atoms with Gasteiger partial charge < -0.3 is 10.1 Å². The van der Waals surface area contributed by atoms with Crippen LogP contribution < -0.4 is 10.1 Å². The van der Waals surface area contributed by atoms with E-state index in [1.165, 1.54) is 5.56 Å². The molecule has 0 saturated carbocycles. The van der Waals surface area contributed by atoms with E-state index in [0.717, 1.165) is 22.3 Å². The van der Waals surface area contributed by atoms with Crippen LogP contribution in [0.25, 0.3) is 0 Å². The van der Waals surface area contributed by atoms with E-state index in [9.17, 15) is 0 Å². The van der Waals surface area contributed by atoms with Crippen LogP contribution in [0.5, 0.6) is 5.75 Å². The quantitative estimate of drug-likeness (QED) is 0.835. The van der Waals surface area contributed by atoms with E-state index in [1.54, 1.807) is 7.11 Å². The largest absolute Gasteiger partial charge is 0.497 e. The zero-order chi connectivity index (χ0) is 13.7. The third-order valence-electron chi connectivity index (χ3n) is 3.11. The minimum Gasteiger partial charge on any atom is -0.497 e. The van der Waals surface area contributed by atoms with E-state index in [4.69, 9.17) is 4.74 Å². The van der Waals surface area contributed by atoms with Crippen molar-refractivity contribution in [3.8, 4) is 5.75 Å². The molecule has 0 bridgehead atoms. The Kier molecular flexibility index (Phi) is 4.86. The molecule has 2 rings (SSSR count). The van der Waals surface area contributed by atoms with Gasteiger partial charge in [0.05, 0.1) is 13.2 Å². The first-order valence-corrected chi connectivity index (χ1v) is 7.18. The molecule has 0 aliphatic heterocycles. The summed E-state index contributed by atoms with van der Waals surface area (Å²) in [5, 5.41) is 3.55. The molecule has 0 aromatic heterocycles. The molecule has 0 amide bonds. The Balaban J connectivity index is 2.12. The van der Waals surface area contributed by atoms with Crippen LogP contribution in [-0.4, -0.2) is 7.11 Å². The molecular formula is C16H18BrNO. The van der Waals surface area contributed by atoms with E-state index in [-0.39, 0.29) is 0 Å². The van der Waals surface area contributed by atoms with Crippen LogP contribution in [0.3, 0.4) is 0 Å². The Morgan fingerprint density at radius 2 is 1.68 bits per heavy atom. The molecule has 19 heavy (non-hydrogen) atoms. The topological polar surface area (TPSA) is 21.3 Å². The zero-order valence-electron chi connectivity index (χ0n) is 11.2. The average molecular weight is 320 g/mol. The highest BCUT2D eigenvalue weighted by Gasteiger charge is 2.09. The predicted octanol–water partition coefficient (Wildman–Crippen LogP) is 5.02. The Labute approximate surface area is 122 Å². The number of benzene rings is 2. The summed E-state index contributed by atoms with van der Waals surface area (Å²) in [6.07, 6.45) is 1.03. The van der Waals surface area contributed by atoms with E-state index in [1.807, 2.05) is 24.3 Å². The molecule has 100 valence electrons. The molecule has 2 nitrogen and oxygen atoms in total. The number of anilines is 1. The maximum absolute atomic E-state index is 5.19. The monoisotopic (exact) mass is 319 g/mol. The van der Waals surface area contributed by atoms with E-state index >= 15 is 0 Å². The van der Waals surface area contributed by atoms with Crippen molar-refractivity contribution in [2.24, 2.45) is 0 Å². The van der Waals surface area contributed by atoms with Crippen molar-refractivity contribution in [1.82, 2.24) is 0 Å². The summed E-state index contributed by atoms with van der Waals surface area (Å²) in [5.74, 6) is 0.891. The second kappa shape index (κ2) is 6.62. The summed E-state index contributed by atoms with van der Waals surface area (Å²) in [5.41, 5.74) is 2.40. The summed E-state index contributed by atoms with van der Waals surface area (Å²) in [6.45, 7) is 2.18. The number of nitrogens with one attached hydrogen (secondary N) is 1. The molecule has 3 heteroatoms. The number of ether oxygens (including phenoxy) is 1. The van der Waals surface area contributed by atoms with Gasteiger partial charge in [0.1, 0.15) is 5.75 Å². The van der Waals surface area contributed by atoms with Gasteiger partial charge in [0.15, 0.2) is 0 Å². The predicted molar refractivity (Wildman–Crippen MR) is 83.8 cm³/mol. The molecule has 1 unspecified atom stereocenters. The lowest BCUT2D eigenvalue weighted by atomic mass is 10.0. The molecule has 0 radical (unpaired) electrons. The van der Waals surface area contributed by atoms with E-state index in [2.05, 4.69) is 52.4 Å². The SMILES string of the molecule is CCC(Nc1ccc(Br)cc1)c1ccc(OC)cc1. The van der Waals surface area contributed by atoms with Crippen molar-refractivity contribution >= 4 is 21.6 Å². The van der Waals surface area contributed by atoms with E-state index < -0.39 is 0 Å². The van der Waals surface area contributed by atoms with Gasteiger partial charge in [-0.2, -0.15) is 0 Å². The van der Waals surface area contributed by atoms with Crippen LogP contribution in [0, 0.1) is 0 Å². The second-order valence-electron chi connectivity index (χ2n) is 4.39. The van der Waals surface area contributed by atoms with Crippen LogP contribution >= 0.6 is 15.9 Å². The average Bonchev–Trinajstić information content (AvgIpc) is 2.47. The lowest BCUT2D eigenvalue weighted by molar-refractivity contribution is 0.414. The highest BCUT2D eigenvalue weighted by molar-refractivity contribution is 9.10. The van der Waals surface area contributed by atoms with Gasteiger partial charge >= 0.3 is 0 Å². The van der Waals surface area contributed by atoms with Gasteiger partial charge in [-0.1, -0.05) is 35.0 Å². The van der Waals surface area contributed by atoms with Crippen LogP contribution in [0.1, 0.15) is 24.9 Å². The van der Waals surface area contributed by atoms with Crippen molar-refractivity contribution in [1.29, 1.82) is 0 Å². The summed E-state index contributed by atoms with van der Waals surface area (Å²) >= 11 is 3.45. The summed E-state index contributed by atoms with van der Waals surface area (Å²) in [6, 6.07) is 16.8. The summed E-state index contributed by atoms with van der Waals surface area (Å²) in [4.78, 5) is 0. The molecule has 0 aliphatic rings. The fourth-order valence-corrected chi connectivity index (χ4v) is 2.27. The van der Waals surface area contributed by atoms with Crippen LogP contribution in [-0.2, 0) is 0 Å². The van der Waals surface area contributed by atoms with Gasteiger partial charge in [-0.05, 0) is 48.4 Å². The van der Waals surface area contributed by atoms with Crippen molar-refractivity contribution in [2.45, 2.75) is 19.4 Å². The van der Waals surface area contributed by atoms with Gasteiger partial charge in [0.2, 0.25) is 0 Å². The lowest BCUT2D eigenvalue weighted by Gasteiger charge is -2.19. The fourth-order valence-electron chi connectivity index (χ4n) is 2.00. The van der Waals surface area contributed by atoms with Gasteiger partial charge in [0, 0.05) is 10.2 Å². The molecule has 2 aromatic rings. The number of rotatable bonds is 5. The standard InChI is InChI=1S/C16H18BrNO/c1-3-16(12-4-10-15(19-2)11-5-12)18-14-8-6-13(17)7-9-14/h4-11,16,18H,3H2,1-2H3. The first kappa shape index (κ1) is 13.9. The number of methoxy groups -OCH3 is 1. The zero-order valence-corrected chi connectivity index (χ0v) is 12.8. The van der Waals surface area contributed by atoms with Crippen LogP contribution in [0.4, 0.5) is 5.69 Å². The Morgan fingerprint density at radius 3 is 2.21 bits per heavy atom. The Hall–Kier alpha value is -1.48. The lowest BCUT2D eigenvalue weighted by Crippen LogP contribution is -2.09. The molecule has 0 aliphatic carbocycles. The van der Waals surface area contributed by atoms with Crippen LogP contribution in [0.15, 0.2) is 53.0 Å². The van der Waals surface area contributed by atoms with Crippen LogP contribution in [0.2, 0.25) is 0 Å². The highest BCUT2D eigenvalue weighted by atomic mass is 79.9. The summed E-state index contributed by atoms with van der Waals surface area (Å²) < 4.78 is 6.28. The molecule has 0 heterocycles. The number of hydrogen-bond acceptors (Lipinski definition) is 2. The number of halogens is 1. The summed E-state index contributed by atoms with van der Waals surface area (Å²) in [7, 11) is 1.69. The minimum atomic E-state index is 0.312. The maximum atomic E-state index is 5.19. The Bertz CT molecular complexity index is 507. The van der Waals surface area contributed by atoms with Gasteiger partial charge in [0.25, 0.3) is 0 Å². The third-order valence-corrected chi connectivity index (χ3v) is 3.64. The minimum absolute atomic E-state index is 0.312. The van der Waals surface area contributed by atoms with Crippen molar-refractivity contribution in [3.63, 3.8) is 0 Å². The molecule has 0 saturated heterocycles. The van der Waals surface area contributed by atoms with Gasteiger partial charge in [-0.15, -0.1) is 0 Å². The van der Waals surface area contributed by atoms with Gasteiger partial charge in [-0.25, -0.2) is 0 Å². The highest BCUT2D eigenvalue weighted by Crippen LogP contribution is 2.25. The molecule has 0 fully saturated rings. The van der Waals surface area contributed by atoms with Crippen molar-refractivity contribution in [2.75, 3.05) is 12.4 Å². The Morgan fingerprint density at radius 1 is 1.05 bits per heavy atom. The van der Waals surface area contributed by atoms with E-state index in [0.29, 0.717) is 6.04 Å². The molecule has 1 N–H and O–H groups in total. The maximum Gasteiger partial charge on any atom is 0.118 e. The van der Waals surface area contributed by atoms with Crippen molar-refractivity contribution < 1.29 is 4.74 Å². The normalized spacial score (nSPS) is 11.9. The third kappa shape index (κ3) is 3.74. The van der Waals surface area contributed by atoms with Crippen molar-refractivity contribution in [3.05, 3.63) is 58.6 Å². The smallest absolute Gasteiger partial charge is 0.118 e. The first-order chi connectivity index (χ1) is 9.22. The molecular weight excluding hydrogens is 302 g/mol. The molecule has 2 aromatic carbocycles. The van der Waals surface area contributed by atoms with Gasteiger partial charge in [-0.3, -0.25) is 0 Å². The second-order valence-corrected chi connectivity index (χ2v) is 5.30. The molecule has 0 spiro atoms. The number of hydrogen-bond donors (Lipinski definition) is 1. The fraction of sp³-hybridized carbons (Fsp3) is 0.250.